The Balaban J connectivity index is 1.89. The minimum Gasteiger partial charge on any atom is -0.267 e. The van der Waals surface area contributed by atoms with Gasteiger partial charge in [-0.15, -0.1) is 6.58 Å². The molecule has 0 atom stereocenters. The van der Waals surface area contributed by atoms with Gasteiger partial charge in [-0.2, -0.15) is 0 Å². The zero-order chi connectivity index (χ0) is 23.3. The fourth-order valence-corrected chi connectivity index (χ4v) is 4.92. The van der Waals surface area contributed by atoms with Crippen molar-refractivity contribution < 1.29 is 13.2 Å². The van der Waals surface area contributed by atoms with Crippen LogP contribution in [0.4, 0.5) is 11.6 Å². The molecule has 3 rings (SSSR count). The van der Waals surface area contributed by atoms with Crippen molar-refractivity contribution in [1.29, 1.82) is 0 Å². The van der Waals surface area contributed by atoms with Crippen LogP contribution < -0.4 is 15.2 Å². The average molecular weight is 472 g/mol. The van der Waals surface area contributed by atoms with Crippen LogP contribution in [-0.2, 0) is 10.0 Å². The Morgan fingerprint density at radius 3 is 2.38 bits per heavy atom. The number of nitrogens with one attached hydrogen (secondary N) is 2. The zero-order valence-corrected chi connectivity index (χ0v) is 19.1. The number of carbonyl (C=O) groups is 1. The summed E-state index contributed by atoms with van der Waals surface area (Å²) in [6, 6.07) is 14.4. The van der Waals surface area contributed by atoms with E-state index in [1.807, 2.05) is 0 Å². The molecule has 0 fully saturated rings. The van der Waals surface area contributed by atoms with Crippen LogP contribution in [0.15, 0.2) is 72.1 Å². The van der Waals surface area contributed by atoms with E-state index in [0.29, 0.717) is 5.69 Å². The van der Waals surface area contributed by atoms with Crippen LogP contribution in [0.1, 0.15) is 21.7 Å². The highest BCUT2D eigenvalue weighted by Crippen LogP contribution is 2.29. The average Bonchev–Trinajstić information content (AvgIpc) is 2.76. The van der Waals surface area contributed by atoms with E-state index in [2.05, 4.69) is 27.4 Å². The minimum absolute atomic E-state index is 0.00264. The number of carbonyl (C=O) groups excluding carboxylic acids is 1. The number of nitrogens with zero attached hydrogens (tertiary/aromatic N) is 3. The van der Waals surface area contributed by atoms with Crippen LogP contribution in [0.2, 0.25) is 5.02 Å². The quantitative estimate of drug-likeness (QED) is 0.381. The van der Waals surface area contributed by atoms with Gasteiger partial charge in [0.1, 0.15) is 4.90 Å². The third kappa shape index (κ3) is 5.24. The molecule has 0 radical (unpaired) electrons. The van der Waals surface area contributed by atoms with Crippen LogP contribution in [0.3, 0.4) is 0 Å². The second kappa shape index (κ2) is 9.80. The van der Waals surface area contributed by atoms with Gasteiger partial charge >= 0.3 is 0 Å². The molecule has 1 aromatic heterocycles. The summed E-state index contributed by atoms with van der Waals surface area (Å²) >= 11 is 6.23. The SMILES string of the molecule is C=CCN(c1ccccc1)S(=O)(=O)c1cc(C(=O)NNc2nc(C)cc(C)n2)ccc1Cl. The molecule has 0 unspecified atom stereocenters. The maximum atomic E-state index is 13.4. The van der Waals surface area contributed by atoms with Gasteiger partial charge < -0.3 is 0 Å². The smallest absolute Gasteiger partial charge is 0.267 e. The van der Waals surface area contributed by atoms with Crippen LogP contribution in [0, 0.1) is 13.8 Å². The van der Waals surface area contributed by atoms with Gasteiger partial charge in [0.25, 0.3) is 15.9 Å². The minimum atomic E-state index is -4.08. The predicted molar refractivity (Wildman–Crippen MR) is 125 cm³/mol. The number of hydrazine groups is 1. The number of amides is 1. The predicted octanol–water partition coefficient (Wildman–Crippen LogP) is 3.89. The molecule has 0 aliphatic heterocycles. The molecular formula is C22H22ClN5O3S. The number of aromatic nitrogens is 2. The van der Waals surface area contributed by atoms with E-state index in [4.69, 9.17) is 11.6 Å². The summed E-state index contributed by atoms with van der Waals surface area (Å²) in [6.07, 6.45) is 1.47. The second-order valence-corrected chi connectivity index (χ2v) is 9.10. The Morgan fingerprint density at radius 2 is 1.75 bits per heavy atom. The molecule has 0 aliphatic rings. The van der Waals surface area contributed by atoms with Crippen molar-refractivity contribution in [2.45, 2.75) is 18.7 Å². The van der Waals surface area contributed by atoms with Crippen molar-refractivity contribution in [3.63, 3.8) is 0 Å². The van der Waals surface area contributed by atoms with E-state index in [9.17, 15) is 13.2 Å². The Hall–Kier alpha value is -3.43. The van der Waals surface area contributed by atoms with E-state index in [0.717, 1.165) is 11.4 Å². The number of aryl methyl sites for hydroxylation is 2. The Kier molecular flexibility index (Phi) is 7.12. The molecule has 2 N–H and O–H groups in total. The summed E-state index contributed by atoms with van der Waals surface area (Å²) in [4.78, 5) is 20.8. The number of halogens is 1. The lowest BCUT2D eigenvalue weighted by Crippen LogP contribution is -2.33. The van der Waals surface area contributed by atoms with Crippen LogP contribution >= 0.6 is 11.6 Å². The summed E-state index contributed by atoms with van der Waals surface area (Å²) in [7, 11) is -4.08. The molecule has 2 aromatic carbocycles. The first-order valence-electron chi connectivity index (χ1n) is 9.59. The summed E-state index contributed by atoms with van der Waals surface area (Å²) in [5.41, 5.74) is 7.12. The molecular weight excluding hydrogens is 450 g/mol. The normalized spacial score (nSPS) is 11.0. The first kappa shape index (κ1) is 23.2. The van der Waals surface area contributed by atoms with E-state index in [1.165, 1.54) is 28.6 Å². The first-order chi connectivity index (χ1) is 15.2. The standard InChI is InChI=1S/C22H22ClN5O3S/c1-4-12-28(18-8-6-5-7-9-18)32(30,31)20-14-17(10-11-19(20)23)21(29)26-27-22-24-15(2)13-16(3)25-22/h4-11,13-14H,1,12H2,2-3H3,(H,26,29)(H,24,25,27). The first-order valence-corrected chi connectivity index (χ1v) is 11.4. The van der Waals surface area contributed by atoms with Crippen LogP contribution in [0.25, 0.3) is 0 Å². The van der Waals surface area contributed by atoms with Crippen molar-refractivity contribution in [3.8, 4) is 0 Å². The maximum Gasteiger partial charge on any atom is 0.269 e. The number of rotatable bonds is 8. The molecule has 1 amide bonds. The molecule has 8 nitrogen and oxygen atoms in total. The van der Waals surface area contributed by atoms with Gasteiger partial charge in [0.15, 0.2) is 0 Å². The van der Waals surface area contributed by atoms with E-state index < -0.39 is 15.9 Å². The molecule has 0 saturated heterocycles. The summed E-state index contributed by atoms with van der Waals surface area (Å²) in [5, 5.41) is -0.00264. The van der Waals surface area contributed by atoms with Crippen molar-refractivity contribution in [1.82, 2.24) is 15.4 Å². The monoisotopic (exact) mass is 471 g/mol. The highest BCUT2D eigenvalue weighted by Gasteiger charge is 2.27. The third-order valence-electron chi connectivity index (χ3n) is 4.37. The van der Waals surface area contributed by atoms with Crippen molar-refractivity contribution in [3.05, 3.63) is 89.2 Å². The van der Waals surface area contributed by atoms with Crippen LogP contribution in [-0.4, -0.2) is 30.8 Å². The topological polar surface area (TPSA) is 104 Å². The number of para-hydroxylation sites is 1. The summed E-state index contributed by atoms with van der Waals surface area (Å²) < 4.78 is 28.0. The zero-order valence-electron chi connectivity index (χ0n) is 17.5. The molecule has 10 heteroatoms. The summed E-state index contributed by atoms with van der Waals surface area (Å²) in [5.74, 6) is -0.352. The molecule has 0 saturated carbocycles. The number of hydrogen-bond donors (Lipinski definition) is 2. The molecule has 0 bridgehead atoms. The van der Waals surface area contributed by atoms with E-state index in [-0.39, 0.29) is 28.0 Å². The molecule has 32 heavy (non-hydrogen) atoms. The van der Waals surface area contributed by atoms with Crippen molar-refractivity contribution >= 4 is 39.2 Å². The largest absolute Gasteiger partial charge is 0.269 e. The van der Waals surface area contributed by atoms with Gasteiger partial charge in [0.05, 0.1) is 17.3 Å². The van der Waals surface area contributed by atoms with Gasteiger partial charge in [0.2, 0.25) is 5.95 Å². The van der Waals surface area contributed by atoms with Crippen LogP contribution in [0.5, 0.6) is 0 Å². The highest BCUT2D eigenvalue weighted by molar-refractivity contribution is 7.93. The fourth-order valence-electron chi connectivity index (χ4n) is 2.98. The van der Waals surface area contributed by atoms with Gasteiger partial charge in [0, 0.05) is 17.0 Å². The molecule has 0 aliphatic carbocycles. The van der Waals surface area contributed by atoms with Gasteiger partial charge in [-0.1, -0.05) is 35.9 Å². The molecule has 0 spiro atoms. The molecule has 3 aromatic rings. The van der Waals surface area contributed by atoms with Gasteiger partial charge in [-0.25, -0.2) is 18.4 Å². The third-order valence-corrected chi connectivity index (χ3v) is 6.65. The van der Waals surface area contributed by atoms with E-state index >= 15 is 0 Å². The Bertz CT molecular complexity index is 1230. The lowest BCUT2D eigenvalue weighted by Gasteiger charge is -2.24. The number of hydrogen-bond acceptors (Lipinski definition) is 6. The van der Waals surface area contributed by atoms with E-state index in [1.54, 1.807) is 50.2 Å². The lowest BCUT2D eigenvalue weighted by molar-refractivity contribution is 0.0962. The molecule has 166 valence electrons. The van der Waals surface area contributed by atoms with Crippen molar-refractivity contribution in [2.24, 2.45) is 0 Å². The number of benzene rings is 2. The van der Waals surface area contributed by atoms with Crippen molar-refractivity contribution in [2.75, 3.05) is 16.3 Å². The Labute approximate surface area is 192 Å². The van der Waals surface area contributed by atoms with Gasteiger partial charge in [-0.3, -0.25) is 20.0 Å². The number of sulfonamides is 1. The Morgan fingerprint density at radius 1 is 1.09 bits per heavy atom. The maximum absolute atomic E-state index is 13.4. The highest BCUT2D eigenvalue weighted by atomic mass is 35.5. The lowest BCUT2D eigenvalue weighted by atomic mass is 10.2. The molecule has 1 heterocycles. The number of anilines is 2. The summed E-state index contributed by atoms with van der Waals surface area (Å²) in [6.45, 7) is 7.29. The fraction of sp³-hybridized carbons (Fsp3) is 0.136. The van der Waals surface area contributed by atoms with Gasteiger partial charge in [-0.05, 0) is 50.2 Å². The second-order valence-electron chi connectivity index (χ2n) is 6.86.